The Morgan fingerprint density at radius 2 is 2.29 bits per heavy atom. The number of benzene rings is 1. The first-order chi connectivity index (χ1) is 10.0. The molecular formula is C16H23ClN2O2. The fourth-order valence-corrected chi connectivity index (χ4v) is 3.08. The highest BCUT2D eigenvalue weighted by Gasteiger charge is 2.40. The minimum atomic E-state index is -0.312. The molecule has 1 atom stereocenters. The Kier molecular flexibility index (Phi) is 5.12. The molecule has 0 radical (unpaired) electrons. The van der Waals surface area contributed by atoms with E-state index in [-0.39, 0.29) is 11.3 Å². The van der Waals surface area contributed by atoms with Crippen molar-refractivity contribution in [1.29, 1.82) is 0 Å². The van der Waals surface area contributed by atoms with Crippen LogP contribution in [0, 0.1) is 12.3 Å². The quantitative estimate of drug-likeness (QED) is 0.876. The summed E-state index contributed by atoms with van der Waals surface area (Å²) < 4.78 is 5.32. The van der Waals surface area contributed by atoms with E-state index in [1.54, 1.807) is 13.2 Å². The zero-order valence-electron chi connectivity index (χ0n) is 12.9. The highest BCUT2D eigenvalue weighted by molar-refractivity contribution is 6.31. The van der Waals surface area contributed by atoms with Crippen molar-refractivity contribution in [2.45, 2.75) is 33.1 Å². The van der Waals surface area contributed by atoms with Crippen molar-refractivity contribution in [3.05, 3.63) is 22.7 Å². The van der Waals surface area contributed by atoms with Crippen LogP contribution in [0.3, 0.4) is 0 Å². The summed E-state index contributed by atoms with van der Waals surface area (Å²) in [6.07, 6.45) is 2.76. The van der Waals surface area contributed by atoms with Gasteiger partial charge in [-0.2, -0.15) is 0 Å². The number of ether oxygens (including phenoxy) is 1. The molecule has 5 heteroatoms. The van der Waals surface area contributed by atoms with Gasteiger partial charge in [0.05, 0.1) is 18.2 Å². The summed E-state index contributed by atoms with van der Waals surface area (Å²) in [5.41, 5.74) is 1.29. The molecule has 2 rings (SSSR count). The van der Waals surface area contributed by atoms with Gasteiger partial charge in [0.2, 0.25) is 5.91 Å². The van der Waals surface area contributed by atoms with Crippen LogP contribution in [-0.2, 0) is 4.79 Å². The van der Waals surface area contributed by atoms with Crippen molar-refractivity contribution in [1.82, 2.24) is 5.32 Å². The number of anilines is 1. The number of amides is 1. The second-order valence-electron chi connectivity index (χ2n) is 5.71. The molecule has 0 aliphatic carbocycles. The summed E-state index contributed by atoms with van der Waals surface area (Å²) in [4.78, 5) is 12.8. The monoisotopic (exact) mass is 310 g/mol. The van der Waals surface area contributed by atoms with E-state index in [1.165, 1.54) is 0 Å². The van der Waals surface area contributed by atoms with Crippen LogP contribution in [0.5, 0.6) is 5.75 Å². The zero-order valence-corrected chi connectivity index (χ0v) is 13.6. The molecule has 0 spiro atoms. The highest BCUT2D eigenvalue weighted by Crippen LogP contribution is 2.36. The first-order valence-electron chi connectivity index (χ1n) is 7.39. The lowest BCUT2D eigenvalue weighted by Crippen LogP contribution is -2.38. The number of hydrogen-bond donors (Lipinski definition) is 2. The van der Waals surface area contributed by atoms with E-state index in [2.05, 4.69) is 17.6 Å². The summed E-state index contributed by atoms with van der Waals surface area (Å²) >= 11 is 6.10. The van der Waals surface area contributed by atoms with Crippen molar-refractivity contribution in [2.24, 2.45) is 5.41 Å². The van der Waals surface area contributed by atoms with Gasteiger partial charge in [0, 0.05) is 17.6 Å². The van der Waals surface area contributed by atoms with Crippen LogP contribution < -0.4 is 15.4 Å². The Morgan fingerprint density at radius 1 is 1.52 bits per heavy atom. The molecule has 0 saturated carbocycles. The first-order valence-corrected chi connectivity index (χ1v) is 7.76. The van der Waals surface area contributed by atoms with Gasteiger partial charge in [0.1, 0.15) is 5.75 Å². The van der Waals surface area contributed by atoms with Gasteiger partial charge in [-0.05, 0) is 37.9 Å². The van der Waals surface area contributed by atoms with E-state index in [0.717, 1.165) is 37.9 Å². The Labute approximate surface area is 131 Å². The lowest BCUT2D eigenvalue weighted by atomic mass is 9.81. The van der Waals surface area contributed by atoms with Crippen LogP contribution in [-0.4, -0.2) is 26.1 Å². The van der Waals surface area contributed by atoms with Gasteiger partial charge < -0.3 is 15.4 Å². The number of methoxy groups -OCH3 is 1. The van der Waals surface area contributed by atoms with Gasteiger partial charge in [0.15, 0.2) is 0 Å². The Bertz CT molecular complexity index is 525. The van der Waals surface area contributed by atoms with Gasteiger partial charge in [0.25, 0.3) is 0 Å². The van der Waals surface area contributed by atoms with Crippen molar-refractivity contribution in [2.75, 3.05) is 25.5 Å². The maximum absolute atomic E-state index is 12.8. The van der Waals surface area contributed by atoms with Crippen LogP contribution in [0.25, 0.3) is 0 Å². The van der Waals surface area contributed by atoms with Crippen LogP contribution in [0.1, 0.15) is 31.7 Å². The predicted octanol–water partition coefficient (Wildman–Crippen LogP) is 3.38. The standard InChI is InChI=1S/C16H23ClN2O2/c1-4-5-16(6-7-18-10-16)15(20)19-13-8-11(2)12(17)9-14(13)21-3/h8-9,18H,4-7,10H2,1-3H3,(H,19,20). The molecule has 1 amide bonds. The lowest BCUT2D eigenvalue weighted by Gasteiger charge is -2.27. The second kappa shape index (κ2) is 6.67. The molecule has 4 nitrogen and oxygen atoms in total. The Hall–Kier alpha value is -1.26. The van der Waals surface area contributed by atoms with Crippen LogP contribution in [0.2, 0.25) is 5.02 Å². The molecule has 1 aromatic rings. The molecule has 1 saturated heterocycles. The van der Waals surface area contributed by atoms with Crippen molar-refractivity contribution in [3.8, 4) is 5.75 Å². The average molecular weight is 311 g/mol. The minimum absolute atomic E-state index is 0.0642. The number of carbonyl (C=O) groups excluding carboxylic acids is 1. The third-order valence-electron chi connectivity index (χ3n) is 4.18. The molecule has 116 valence electrons. The van der Waals surface area contributed by atoms with Crippen LogP contribution in [0.4, 0.5) is 5.69 Å². The average Bonchev–Trinajstić information content (AvgIpc) is 2.93. The third kappa shape index (κ3) is 3.33. The van der Waals surface area contributed by atoms with Gasteiger partial charge in [-0.1, -0.05) is 24.9 Å². The molecule has 2 N–H and O–H groups in total. The third-order valence-corrected chi connectivity index (χ3v) is 4.59. The number of aryl methyl sites for hydroxylation is 1. The van der Waals surface area contributed by atoms with E-state index >= 15 is 0 Å². The Balaban J connectivity index is 2.24. The molecule has 1 aliphatic heterocycles. The number of rotatable bonds is 5. The topological polar surface area (TPSA) is 50.4 Å². The molecule has 1 aromatic carbocycles. The predicted molar refractivity (Wildman–Crippen MR) is 86.2 cm³/mol. The number of carbonyl (C=O) groups is 1. The maximum Gasteiger partial charge on any atom is 0.232 e. The van der Waals surface area contributed by atoms with Gasteiger partial charge in [-0.15, -0.1) is 0 Å². The number of halogens is 1. The molecule has 1 fully saturated rings. The van der Waals surface area contributed by atoms with Crippen LogP contribution >= 0.6 is 11.6 Å². The summed E-state index contributed by atoms with van der Waals surface area (Å²) in [7, 11) is 1.58. The number of nitrogens with one attached hydrogen (secondary N) is 2. The van der Waals surface area contributed by atoms with E-state index in [9.17, 15) is 4.79 Å². The largest absolute Gasteiger partial charge is 0.495 e. The van der Waals surface area contributed by atoms with E-state index in [4.69, 9.17) is 16.3 Å². The van der Waals surface area contributed by atoms with Crippen molar-refractivity contribution < 1.29 is 9.53 Å². The Morgan fingerprint density at radius 3 is 2.86 bits per heavy atom. The highest BCUT2D eigenvalue weighted by atomic mass is 35.5. The SMILES string of the molecule is CCCC1(C(=O)Nc2cc(C)c(Cl)cc2OC)CCNC1. The van der Waals surface area contributed by atoms with Gasteiger partial charge in [-0.25, -0.2) is 0 Å². The zero-order chi connectivity index (χ0) is 15.5. The second-order valence-corrected chi connectivity index (χ2v) is 6.12. The summed E-state index contributed by atoms with van der Waals surface area (Å²) in [5.74, 6) is 0.658. The molecule has 1 unspecified atom stereocenters. The van der Waals surface area contributed by atoms with Crippen LogP contribution in [0.15, 0.2) is 12.1 Å². The van der Waals surface area contributed by atoms with E-state index in [0.29, 0.717) is 16.5 Å². The minimum Gasteiger partial charge on any atom is -0.495 e. The molecule has 1 aliphatic rings. The van der Waals surface area contributed by atoms with Gasteiger partial charge >= 0.3 is 0 Å². The normalized spacial score (nSPS) is 21.3. The van der Waals surface area contributed by atoms with Gasteiger partial charge in [-0.3, -0.25) is 4.79 Å². The molecule has 1 heterocycles. The molecule has 0 bridgehead atoms. The molecule has 21 heavy (non-hydrogen) atoms. The van der Waals surface area contributed by atoms with Crippen molar-refractivity contribution >= 4 is 23.2 Å². The summed E-state index contributed by atoms with van der Waals surface area (Å²) in [6, 6.07) is 3.60. The van der Waals surface area contributed by atoms with E-state index in [1.807, 2.05) is 13.0 Å². The molecular weight excluding hydrogens is 288 g/mol. The first kappa shape index (κ1) is 16.1. The lowest BCUT2D eigenvalue weighted by molar-refractivity contribution is -0.125. The fourth-order valence-electron chi connectivity index (χ4n) is 2.93. The molecule has 0 aromatic heterocycles. The maximum atomic E-state index is 12.8. The smallest absolute Gasteiger partial charge is 0.232 e. The van der Waals surface area contributed by atoms with Crippen molar-refractivity contribution in [3.63, 3.8) is 0 Å². The fraction of sp³-hybridized carbons (Fsp3) is 0.562. The summed E-state index contributed by atoms with van der Waals surface area (Å²) in [6.45, 7) is 5.66. The van der Waals surface area contributed by atoms with E-state index < -0.39 is 0 Å². The number of hydrogen-bond acceptors (Lipinski definition) is 3. The summed E-state index contributed by atoms with van der Waals surface area (Å²) in [5, 5.41) is 6.97.